The lowest BCUT2D eigenvalue weighted by Crippen LogP contribution is -2.42. The number of nitrogens with one attached hydrogen (secondary N) is 1. The van der Waals surface area contributed by atoms with Crippen LogP contribution in [0.1, 0.15) is 39.0 Å². The van der Waals surface area contributed by atoms with Crippen molar-refractivity contribution in [2.75, 3.05) is 20.3 Å². The molecule has 0 spiro atoms. The monoisotopic (exact) mass is 259 g/mol. The number of hydrogen-bond donors (Lipinski definition) is 2. The highest BCUT2D eigenvalue weighted by atomic mass is 16.5. The van der Waals surface area contributed by atoms with Crippen molar-refractivity contribution in [2.24, 2.45) is 0 Å². The van der Waals surface area contributed by atoms with E-state index < -0.39 is 12.0 Å². The van der Waals surface area contributed by atoms with Crippen LogP contribution < -0.4 is 5.32 Å². The van der Waals surface area contributed by atoms with Crippen LogP contribution in [-0.2, 0) is 14.3 Å². The van der Waals surface area contributed by atoms with Gasteiger partial charge in [-0.15, -0.1) is 0 Å². The molecule has 3 atom stereocenters. The summed E-state index contributed by atoms with van der Waals surface area (Å²) in [5, 5.41) is 12.0. The van der Waals surface area contributed by atoms with Crippen LogP contribution in [0.5, 0.6) is 0 Å². The summed E-state index contributed by atoms with van der Waals surface area (Å²) in [7, 11) is 1.72. The molecule has 18 heavy (non-hydrogen) atoms. The van der Waals surface area contributed by atoms with E-state index in [0.717, 1.165) is 32.1 Å². The summed E-state index contributed by atoms with van der Waals surface area (Å²) in [6.45, 7) is 2.94. The van der Waals surface area contributed by atoms with Gasteiger partial charge in [0.25, 0.3) is 0 Å². The van der Waals surface area contributed by atoms with E-state index in [0.29, 0.717) is 6.54 Å². The number of carbonyl (C=O) groups is 1. The molecule has 0 aromatic carbocycles. The topological polar surface area (TPSA) is 67.8 Å². The maximum Gasteiger partial charge on any atom is 0.323 e. The molecule has 0 aromatic heterocycles. The van der Waals surface area contributed by atoms with E-state index in [2.05, 4.69) is 5.32 Å². The molecule has 0 radical (unpaired) electrons. The summed E-state index contributed by atoms with van der Waals surface area (Å²) in [4.78, 5) is 11.0. The van der Waals surface area contributed by atoms with Gasteiger partial charge in [-0.2, -0.15) is 0 Å². The van der Waals surface area contributed by atoms with Crippen molar-refractivity contribution >= 4 is 5.97 Å². The van der Waals surface area contributed by atoms with Gasteiger partial charge in [-0.1, -0.05) is 6.92 Å². The van der Waals surface area contributed by atoms with Crippen LogP contribution in [-0.4, -0.2) is 49.6 Å². The fourth-order valence-electron chi connectivity index (χ4n) is 2.24. The van der Waals surface area contributed by atoms with Crippen molar-refractivity contribution in [1.29, 1.82) is 0 Å². The first-order valence-corrected chi connectivity index (χ1v) is 6.78. The Morgan fingerprint density at radius 3 is 2.78 bits per heavy atom. The minimum atomic E-state index is -0.845. The number of methoxy groups -OCH3 is 1. The Hall–Kier alpha value is -0.650. The molecule has 0 amide bonds. The lowest BCUT2D eigenvalue weighted by molar-refractivity contribution is -0.142. The smallest absolute Gasteiger partial charge is 0.323 e. The lowest BCUT2D eigenvalue weighted by Gasteiger charge is -2.29. The first-order chi connectivity index (χ1) is 8.67. The van der Waals surface area contributed by atoms with Gasteiger partial charge in [-0.3, -0.25) is 4.79 Å². The second-order valence-corrected chi connectivity index (χ2v) is 4.82. The number of ether oxygens (including phenoxy) is 2. The van der Waals surface area contributed by atoms with Gasteiger partial charge in [0, 0.05) is 7.11 Å². The second-order valence-electron chi connectivity index (χ2n) is 4.82. The Morgan fingerprint density at radius 1 is 1.44 bits per heavy atom. The molecule has 5 nitrogen and oxygen atoms in total. The second kappa shape index (κ2) is 8.45. The van der Waals surface area contributed by atoms with Gasteiger partial charge < -0.3 is 19.9 Å². The van der Waals surface area contributed by atoms with Crippen LogP contribution in [0, 0.1) is 0 Å². The van der Waals surface area contributed by atoms with E-state index >= 15 is 0 Å². The zero-order valence-electron chi connectivity index (χ0n) is 11.4. The quantitative estimate of drug-likeness (QED) is 0.690. The predicted octanol–water partition coefficient (Wildman–Crippen LogP) is 1.41. The maximum atomic E-state index is 11.0. The summed E-state index contributed by atoms with van der Waals surface area (Å²) in [6, 6.07) is -0.604. The number of carboxylic acid groups (broad SMARTS) is 1. The van der Waals surface area contributed by atoms with Gasteiger partial charge in [0.15, 0.2) is 0 Å². The zero-order valence-corrected chi connectivity index (χ0v) is 11.4. The molecule has 1 saturated carbocycles. The van der Waals surface area contributed by atoms with Crippen molar-refractivity contribution in [3.8, 4) is 0 Å². The van der Waals surface area contributed by atoms with E-state index in [4.69, 9.17) is 14.6 Å². The number of hydrogen-bond acceptors (Lipinski definition) is 4. The van der Waals surface area contributed by atoms with Crippen LogP contribution in [0.4, 0.5) is 0 Å². The average molecular weight is 259 g/mol. The molecular formula is C13H25NO4. The molecule has 1 aliphatic carbocycles. The number of rotatable bonds is 8. The molecule has 106 valence electrons. The molecule has 1 fully saturated rings. The summed E-state index contributed by atoms with van der Waals surface area (Å²) >= 11 is 0. The molecule has 2 N–H and O–H groups in total. The van der Waals surface area contributed by atoms with Crippen molar-refractivity contribution in [3.63, 3.8) is 0 Å². The third kappa shape index (κ3) is 5.33. The van der Waals surface area contributed by atoms with Crippen molar-refractivity contribution in [1.82, 2.24) is 5.32 Å². The van der Waals surface area contributed by atoms with E-state index in [1.807, 2.05) is 6.92 Å². The minimum absolute atomic E-state index is 0.133. The van der Waals surface area contributed by atoms with E-state index in [9.17, 15) is 4.79 Å². The molecule has 0 saturated heterocycles. The minimum Gasteiger partial charge on any atom is -0.480 e. The Bertz CT molecular complexity index is 247. The van der Waals surface area contributed by atoms with Gasteiger partial charge in [0.2, 0.25) is 0 Å². The number of aliphatic carboxylic acids is 1. The van der Waals surface area contributed by atoms with Crippen LogP contribution in [0.25, 0.3) is 0 Å². The van der Waals surface area contributed by atoms with Crippen molar-refractivity contribution < 1.29 is 19.4 Å². The molecule has 5 heteroatoms. The third-order valence-electron chi connectivity index (χ3n) is 3.35. The van der Waals surface area contributed by atoms with E-state index in [1.165, 1.54) is 0 Å². The lowest BCUT2D eigenvalue weighted by atomic mass is 9.95. The Kier molecular flexibility index (Phi) is 7.23. The third-order valence-corrected chi connectivity index (χ3v) is 3.35. The molecule has 0 heterocycles. The normalized spacial score (nSPS) is 25.9. The predicted molar refractivity (Wildman–Crippen MR) is 68.7 cm³/mol. The largest absolute Gasteiger partial charge is 0.480 e. The summed E-state index contributed by atoms with van der Waals surface area (Å²) < 4.78 is 11.0. The van der Waals surface area contributed by atoms with Gasteiger partial charge in [-0.05, 0) is 38.6 Å². The first-order valence-electron chi connectivity index (χ1n) is 6.78. The van der Waals surface area contributed by atoms with E-state index in [-0.39, 0.29) is 18.8 Å². The van der Waals surface area contributed by atoms with Crippen molar-refractivity contribution in [2.45, 2.75) is 57.3 Å². The molecule has 0 aliphatic heterocycles. The van der Waals surface area contributed by atoms with Crippen molar-refractivity contribution in [3.05, 3.63) is 0 Å². The van der Waals surface area contributed by atoms with Crippen LogP contribution >= 0.6 is 0 Å². The fourth-order valence-corrected chi connectivity index (χ4v) is 2.24. The zero-order chi connectivity index (χ0) is 13.4. The molecule has 0 aromatic rings. The van der Waals surface area contributed by atoms with Gasteiger partial charge in [-0.25, -0.2) is 0 Å². The van der Waals surface area contributed by atoms with Crippen LogP contribution in [0.15, 0.2) is 0 Å². The highest BCUT2D eigenvalue weighted by molar-refractivity contribution is 5.73. The average Bonchev–Trinajstić information content (AvgIpc) is 2.38. The molecule has 1 rings (SSSR count). The van der Waals surface area contributed by atoms with Gasteiger partial charge >= 0.3 is 5.97 Å². The van der Waals surface area contributed by atoms with Gasteiger partial charge in [0.1, 0.15) is 6.04 Å². The maximum absolute atomic E-state index is 11.0. The Balaban J connectivity index is 2.30. The summed E-state index contributed by atoms with van der Waals surface area (Å²) in [5.41, 5.74) is 0. The van der Waals surface area contributed by atoms with E-state index in [1.54, 1.807) is 7.11 Å². The molecular weight excluding hydrogens is 234 g/mol. The highest BCUT2D eigenvalue weighted by Gasteiger charge is 2.24. The Morgan fingerprint density at radius 2 is 2.17 bits per heavy atom. The number of carboxylic acids is 1. The summed E-state index contributed by atoms with van der Waals surface area (Å²) in [5.74, 6) is -0.845. The SMILES string of the molecule is CCCNC(COC1CCCC(OC)C1)C(=O)O. The fraction of sp³-hybridized carbons (Fsp3) is 0.923. The Labute approximate surface area is 109 Å². The molecule has 1 aliphatic rings. The summed E-state index contributed by atoms with van der Waals surface area (Å²) in [6.07, 6.45) is 5.34. The molecule has 0 bridgehead atoms. The van der Waals surface area contributed by atoms with Crippen LogP contribution in [0.3, 0.4) is 0 Å². The molecule has 3 unspecified atom stereocenters. The highest BCUT2D eigenvalue weighted by Crippen LogP contribution is 2.23. The van der Waals surface area contributed by atoms with Gasteiger partial charge in [0.05, 0.1) is 18.8 Å². The standard InChI is InChI=1S/C13H25NO4/c1-3-7-14-12(13(15)16)9-18-11-6-4-5-10(8-11)17-2/h10-12,14H,3-9H2,1-2H3,(H,15,16). The van der Waals surface area contributed by atoms with Crippen LogP contribution in [0.2, 0.25) is 0 Å². The first kappa shape index (κ1) is 15.4.